The van der Waals surface area contributed by atoms with Crippen molar-refractivity contribution in [1.82, 2.24) is 0 Å². The van der Waals surface area contributed by atoms with Crippen LogP contribution >= 0.6 is 0 Å². The molecule has 2 N–H and O–H groups in total. The third kappa shape index (κ3) is 2.81. The molecule has 1 aromatic carbocycles. The molecule has 15 heavy (non-hydrogen) atoms. The van der Waals surface area contributed by atoms with Crippen LogP contribution in [0.2, 0.25) is 0 Å². The molecule has 0 fully saturated rings. The molecular weight excluding hydrogens is 196 g/mol. The van der Waals surface area contributed by atoms with Gasteiger partial charge in [0.25, 0.3) is 0 Å². The molecule has 5 nitrogen and oxygen atoms in total. The average Bonchev–Trinajstić information content (AvgIpc) is 2.26. The zero-order valence-corrected chi connectivity index (χ0v) is 7.71. The Morgan fingerprint density at radius 2 is 2.00 bits per heavy atom. The lowest BCUT2D eigenvalue weighted by Crippen LogP contribution is -2.08. The molecule has 0 aliphatic carbocycles. The number of aliphatic carboxylic acids is 1. The topological polar surface area (TPSA) is 93.7 Å². The molecule has 0 saturated carbocycles. The first kappa shape index (κ1) is 10.7. The summed E-state index contributed by atoms with van der Waals surface area (Å²) < 4.78 is 0. The van der Waals surface area contributed by atoms with Crippen molar-refractivity contribution in [1.29, 1.82) is 5.26 Å². The van der Waals surface area contributed by atoms with Crippen molar-refractivity contribution in [2.24, 2.45) is 5.16 Å². The summed E-state index contributed by atoms with van der Waals surface area (Å²) in [5.41, 5.74) is 1.01. The molecule has 5 heteroatoms. The number of hydrogen-bond acceptors (Lipinski definition) is 4. The highest BCUT2D eigenvalue weighted by atomic mass is 16.4. The van der Waals surface area contributed by atoms with E-state index in [1.807, 2.05) is 6.07 Å². The molecule has 0 aliphatic rings. The monoisotopic (exact) mass is 204 g/mol. The van der Waals surface area contributed by atoms with Crippen LogP contribution < -0.4 is 0 Å². The van der Waals surface area contributed by atoms with Crippen LogP contribution in [-0.4, -0.2) is 22.0 Å². The van der Waals surface area contributed by atoms with Crippen LogP contribution in [-0.2, 0) is 4.79 Å². The lowest BCUT2D eigenvalue weighted by Gasteiger charge is -2.00. The second-order valence-corrected chi connectivity index (χ2v) is 2.81. The number of carboxylic acid groups (broad SMARTS) is 1. The maximum Gasteiger partial charge on any atom is 0.309 e. The van der Waals surface area contributed by atoms with Gasteiger partial charge in [-0.25, -0.2) is 0 Å². The van der Waals surface area contributed by atoms with Crippen molar-refractivity contribution in [3.8, 4) is 6.07 Å². The van der Waals surface area contributed by atoms with E-state index in [0.717, 1.165) is 0 Å². The van der Waals surface area contributed by atoms with E-state index in [9.17, 15) is 4.79 Å². The quantitative estimate of drug-likeness (QED) is 0.439. The van der Waals surface area contributed by atoms with E-state index < -0.39 is 5.97 Å². The first-order chi connectivity index (χ1) is 7.17. The number of benzene rings is 1. The summed E-state index contributed by atoms with van der Waals surface area (Å²) in [5.74, 6) is -1.08. The van der Waals surface area contributed by atoms with Gasteiger partial charge < -0.3 is 10.3 Å². The van der Waals surface area contributed by atoms with Crippen LogP contribution in [0.15, 0.2) is 29.4 Å². The largest absolute Gasteiger partial charge is 0.481 e. The molecular formula is C10H8N2O3. The molecule has 0 amide bonds. The molecule has 76 valence electrons. The van der Waals surface area contributed by atoms with E-state index >= 15 is 0 Å². The highest BCUT2D eigenvalue weighted by Crippen LogP contribution is 2.07. The van der Waals surface area contributed by atoms with Gasteiger partial charge >= 0.3 is 5.97 Å². The minimum absolute atomic E-state index is 0.0620. The summed E-state index contributed by atoms with van der Waals surface area (Å²) in [6, 6.07) is 8.07. The number of carboxylic acids is 1. The summed E-state index contributed by atoms with van der Waals surface area (Å²) in [6.07, 6.45) is -0.359. The fourth-order valence-electron chi connectivity index (χ4n) is 1.08. The number of nitriles is 1. The van der Waals surface area contributed by atoms with Crippen LogP contribution in [0.4, 0.5) is 0 Å². The molecule has 0 heterocycles. The molecule has 1 rings (SSSR count). The molecule has 0 spiro atoms. The molecule has 0 aliphatic heterocycles. The molecule has 0 bridgehead atoms. The van der Waals surface area contributed by atoms with Crippen molar-refractivity contribution < 1.29 is 15.1 Å². The van der Waals surface area contributed by atoms with E-state index in [0.29, 0.717) is 11.1 Å². The van der Waals surface area contributed by atoms with E-state index in [1.54, 1.807) is 0 Å². The normalized spacial score (nSPS) is 10.7. The zero-order chi connectivity index (χ0) is 11.3. The van der Waals surface area contributed by atoms with Gasteiger partial charge in [0.05, 0.1) is 23.8 Å². The Balaban J connectivity index is 2.95. The fourth-order valence-corrected chi connectivity index (χ4v) is 1.08. The molecule has 0 atom stereocenters. The number of oxime groups is 1. The first-order valence-electron chi connectivity index (χ1n) is 4.10. The van der Waals surface area contributed by atoms with Crippen molar-refractivity contribution in [2.75, 3.05) is 0 Å². The number of hydrogen-bond donors (Lipinski definition) is 2. The van der Waals surface area contributed by atoms with Crippen LogP contribution in [0.25, 0.3) is 0 Å². The van der Waals surface area contributed by atoms with Gasteiger partial charge in [-0.2, -0.15) is 5.26 Å². The van der Waals surface area contributed by atoms with Crippen molar-refractivity contribution >= 4 is 11.7 Å². The fraction of sp³-hybridized carbons (Fsp3) is 0.100. The lowest BCUT2D eigenvalue weighted by molar-refractivity contribution is -0.135. The summed E-state index contributed by atoms with van der Waals surface area (Å²) in [6.45, 7) is 0. The van der Waals surface area contributed by atoms with E-state index in [-0.39, 0.29) is 12.1 Å². The molecule has 0 saturated heterocycles. The van der Waals surface area contributed by atoms with E-state index in [2.05, 4.69) is 5.16 Å². The number of rotatable bonds is 3. The predicted octanol–water partition coefficient (Wildman–Crippen LogP) is 1.21. The summed E-state index contributed by atoms with van der Waals surface area (Å²) >= 11 is 0. The number of carbonyl (C=O) groups is 1. The molecule has 1 aromatic rings. The Bertz CT molecular complexity index is 429. The van der Waals surface area contributed by atoms with Crippen molar-refractivity contribution in [3.05, 3.63) is 35.4 Å². The zero-order valence-electron chi connectivity index (χ0n) is 7.71. The Hall–Kier alpha value is -2.35. The Labute approximate surface area is 85.9 Å². The van der Waals surface area contributed by atoms with Crippen molar-refractivity contribution in [3.63, 3.8) is 0 Å². The van der Waals surface area contributed by atoms with Crippen LogP contribution in [0.1, 0.15) is 17.5 Å². The van der Waals surface area contributed by atoms with Gasteiger partial charge in [0.15, 0.2) is 0 Å². The van der Waals surface area contributed by atoms with Crippen LogP contribution in [0, 0.1) is 11.3 Å². The van der Waals surface area contributed by atoms with Gasteiger partial charge in [0.1, 0.15) is 0 Å². The third-order valence-electron chi connectivity index (χ3n) is 1.79. The maximum atomic E-state index is 10.4. The van der Waals surface area contributed by atoms with Gasteiger partial charge in [0, 0.05) is 0 Å². The summed E-state index contributed by atoms with van der Waals surface area (Å²) in [4.78, 5) is 10.4. The predicted molar refractivity (Wildman–Crippen MR) is 51.7 cm³/mol. The van der Waals surface area contributed by atoms with E-state index in [1.165, 1.54) is 24.3 Å². The highest BCUT2D eigenvalue weighted by molar-refractivity contribution is 6.08. The average molecular weight is 204 g/mol. The summed E-state index contributed by atoms with van der Waals surface area (Å²) in [7, 11) is 0. The summed E-state index contributed by atoms with van der Waals surface area (Å²) in [5, 5.41) is 28.6. The third-order valence-corrected chi connectivity index (χ3v) is 1.79. The second-order valence-electron chi connectivity index (χ2n) is 2.81. The van der Waals surface area contributed by atoms with Crippen LogP contribution in [0.5, 0.6) is 0 Å². The second kappa shape index (κ2) is 4.77. The Morgan fingerprint density at radius 1 is 1.40 bits per heavy atom. The maximum absolute atomic E-state index is 10.4. The molecule has 0 aromatic heterocycles. The van der Waals surface area contributed by atoms with Gasteiger partial charge in [-0.1, -0.05) is 17.3 Å². The van der Waals surface area contributed by atoms with E-state index in [4.69, 9.17) is 15.6 Å². The Kier molecular flexibility index (Phi) is 3.41. The van der Waals surface area contributed by atoms with Gasteiger partial charge in [-0.15, -0.1) is 0 Å². The minimum atomic E-state index is -1.08. The van der Waals surface area contributed by atoms with Gasteiger partial charge in [0.2, 0.25) is 0 Å². The highest BCUT2D eigenvalue weighted by Gasteiger charge is 2.09. The smallest absolute Gasteiger partial charge is 0.309 e. The van der Waals surface area contributed by atoms with Gasteiger partial charge in [-0.05, 0) is 17.7 Å². The first-order valence-corrected chi connectivity index (χ1v) is 4.10. The SMILES string of the molecule is N#Cc1ccc(/C(CC(=O)O)=N\O)cc1. The lowest BCUT2D eigenvalue weighted by atomic mass is 10.1. The standard InChI is InChI=1S/C10H8N2O3/c11-6-7-1-3-8(4-2-7)9(12-15)5-10(13)14/h1-4,15H,5H2,(H,13,14)/b12-9-. The number of nitrogens with zero attached hydrogens (tertiary/aromatic N) is 2. The van der Waals surface area contributed by atoms with Crippen LogP contribution in [0.3, 0.4) is 0 Å². The minimum Gasteiger partial charge on any atom is -0.481 e. The van der Waals surface area contributed by atoms with Gasteiger partial charge in [-0.3, -0.25) is 4.79 Å². The molecule has 0 unspecified atom stereocenters. The van der Waals surface area contributed by atoms with Crippen molar-refractivity contribution in [2.45, 2.75) is 6.42 Å². The molecule has 0 radical (unpaired) electrons. The Morgan fingerprint density at radius 3 is 2.40 bits per heavy atom.